The monoisotopic (exact) mass is 621 g/mol. The van der Waals surface area contributed by atoms with Crippen LogP contribution in [0.1, 0.15) is 57.1 Å². The Balaban J connectivity index is 1.57. The molecule has 0 aromatic heterocycles. The minimum Gasteiger partial charge on any atom is -0.350 e. The summed E-state index contributed by atoms with van der Waals surface area (Å²) in [5.41, 5.74) is 6.86. The highest BCUT2D eigenvalue weighted by atomic mass is 32.2. The first-order chi connectivity index (χ1) is 21.1. The van der Waals surface area contributed by atoms with Gasteiger partial charge in [-0.1, -0.05) is 92.7 Å². The smallest absolute Gasteiger partial charge is 0.247 e. The van der Waals surface area contributed by atoms with E-state index in [2.05, 4.69) is 10.9 Å². The second kappa shape index (κ2) is 15.9. The number of carbonyl (C=O) groups is 2. The van der Waals surface area contributed by atoms with Gasteiger partial charge in [0.05, 0.1) is 24.6 Å². The number of allylic oxidation sites excluding steroid dienone is 1. The van der Waals surface area contributed by atoms with Crippen LogP contribution in [0.3, 0.4) is 0 Å². The van der Waals surface area contributed by atoms with Crippen molar-refractivity contribution >= 4 is 38.7 Å². The molecule has 4 rings (SSSR count). The van der Waals surface area contributed by atoms with Gasteiger partial charge in [-0.25, -0.2) is 18.7 Å². The fourth-order valence-corrected chi connectivity index (χ4v) is 5.92. The predicted octanol–water partition coefficient (Wildman–Crippen LogP) is 5.59. The second-order valence-electron chi connectivity index (χ2n) is 11.7. The van der Waals surface area contributed by atoms with Gasteiger partial charge >= 0.3 is 0 Å². The molecule has 1 fully saturated rings. The Bertz CT molecular complexity index is 1520. The number of nitrogens with zero attached hydrogens (tertiary/aromatic N) is 1. The van der Waals surface area contributed by atoms with E-state index < -0.39 is 40.0 Å². The number of hydroxylamine groups is 1. The van der Waals surface area contributed by atoms with E-state index in [4.69, 9.17) is 9.57 Å². The highest BCUT2D eigenvalue weighted by molar-refractivity contribution is 7.88. The third kappa shape index (κ3) is 9.99. The molecule has 3 atom stereocenters. The van der Waals surface area contributed by atoms with Crippen molar-refractivity contribution in [2.45, 2.75) is 58.8 Å². The largest absolute Gasteiger partial charge is 0.350 e. The molecule has 0 saturated carbocycles. The van der Waals surface area contributed by atoms with Gasteiger partial charge in [0.15, 0.2) is 6.29 Å². The van der Waals surface area contributed by atoms with E-state index in [-0.39, 0.29) is 18.9 Å². The molecular formula is C34H43N3O6S. The standard InChI is InChI=1S/C34H43N3O6S/c1-25(2)22-31(33(38)35-37(44(3,40)41)24-27-19-20-28-15-7-8-16-29(28)23-27)30(17-11-14-26-12-5-4-6-13-26)34(39)36-43-32-18-9-10-21-42-32/h4-8,11-16,19-20,23,25,30-32H,9-10,17-18,21-22,24H2,1-3H3,(H,35,38)(H,36,39)/b14-11+/t30-,31+,32?/m0/s1. The maximum Gasteiger partial charge on any atom is 0.247 e. The number of amides is 2. The molecule has 236 valence electrons. The summed E-state index contributed by atoms with van der Waals surface area (Å²) < 4.78 is 32.3. The van der Waals surface area contributed by atoms with Crippen LogP contribution < -0.4 is 10.9 Å². The Labute approximate surface area is 260 Å². The van der Waals surface area contributed by atoms with Gasteiger partial charge in [0.25, 0.3) is 0 Å². The van der Waals surface area contributed by atoms with Crippen molar-refractivity contribution in [1.29, 1.82) is 0 Å². The molecule has 3 aromatic rings. The Morgan fingerprint density at radius 2 is 1.70 bits per heavy atom. The van der Waals surface area contributed by atoms with E-state index in [9.17, 15) is 18.0 Å². The zero-order valence-electron chi connectivity index (χ0n) is 25.6. The maximum absolute atomic E-state index is 13.9. The average Bonchev–Trinajstić information content (AvgIpc) is 3.01. The number of hydrazine groups is 1. The van der Waals surface area contributed by atoms with Gasteiger partial charge in [-0.15, -0.1) is 4.41 Å². The van der Waals surface area contributed by atoms with Gasteiger partial charge in [0.2, 0.25) is 21.8 Å². The molecule has 0 aliphatic carbocycles. The first kappa shape index (κ1) is 33.3. The summed E-state index contributed by atoms with van der Waals surface area (Å²) in [6.07, 6.45) is 7.39. The van der Waals surface area contributed by atoms with Crippen molar-refractivity contribution in [1.82, 2.24) is 15.3 Å². The average molecular weight is 622 g/mol. The summed E-state index contributed by atoms with van der Waals surface area (Å²) in [4.78, 5) is 33.1. The fraction of sp³-hybridized carbons (Fsp3) is 0.412. The van der Waals surface area contributed by atoms with Gasteiger partial charge in [-0.3, -0.25) is 15.0 Å². The summed E-state index contributed by atoms with van der Waals surface area (Å²) in [6, 6.07) is 23.1. The zero-order chi connectivity index (χ0) is 31.5. The van der Waals surface area contributed by atoms with Crippen molar-refractivity contribution in [3.8, 4) is 0 Å². The molecule has 1 aliphatic rings. The van der Waals surface area contributed by atoms with Gasteiger partial charge in [-0.05, 0) is 59.6 Å². The predicted molar refractivity (Wildman–Crippen MR) is 172 cm³/mol. The van der Waals surface area contributed by atoms with Crippen molar-refractivity contribution in [2.24, 2.45) is 17.8 Å². The third-order valence-corrected chi connectivity index (χ3v) is 8.61. The summed E-state index contributed by atoms with van der Waals surface area (Å²) >= 11 is 0. The Kier molecular flexibility index (Phi) is 12.1. The number of carbonyl (C=O) groups excluding carboxylic acids is 2. The van der Waals surface area contributed by atoms with Crippen molar-refractivity contribution in [3.05, 3.63) is 90.0 Å². The van der Waals surface area contributed by atoms with E-state index in [0.29, 0.717) is 19.4 Å². The number of ether oxygens (including phenoxy) is 1. The molecule has 1 saturated heterocycles. The minimum atomic E-state index is -3.85. The van der Waals surface area contributed by atoms with Crippen LogP contribution in [0.5, 0.6) is 0 Å². The summed E-state index contributed by atoms with van der Waals surface area (Å²) in [5.74, 6) is -2.63. The third-order valence-electron chi connectivity index (χ3n) is 7.59. The molecule has 10 heteroatoms. The van der Waals surface area contributed by atoms with Crippen molar-refractivity contribution < 1.29 is 27.6 Å². The van der Waals surface area contributed by atoms with Crippen LogP contribution in [0.2, 0.25) is 0 Å². The molecule has 3 aromatic carbocycles. The molecule has 9 nitrogen and oxygen atoms in total. The van der Waals surface area contributed by atoms with Crippen molar-refractivity contribution in [2.75, 3.05) is 12.9 Å². The van der Waals surface area contributed by atoms with Gasteiger partial charge in [0, 0.05) is 13.0 Å². The molecule has 0 spiro atoms. The Morgan fingerprint density at radius 1 is 0.977 bits per heavy atom. The summed E-state index contributed by atoms with van der Waals surface area (Å²) in [6.45, 7) is 4.42. The molecule has 0 bridgehead atoms. The second-order valence-corrected chi connectivity index (χ2v) is 13.6. The quantitative estimate of drug-likeness (QED) is 0.227. The minimum absolute atomic E-state index is 0.0499. The van der Waals surface area contributed by atoms with E-state index in [0.717, 1.165) is 45.4 Å². The molecule has 0 radical (unpaired) electrons. The number of rotatable bonds is 14. The lowest BCUT2D eigenvalue weighted by molar-refractivity contribution is -0.203. The normalized spacial score (nSPS) is 17.2. The van der Waals surface area contributed by atoms with Crippen LogP contribution in [0.25, 0.3) is 16.8 Å². The molecule has 1 aliphatic heterocycles. The maximum atomic E-state index is 13.9. The highest BCUT2D eigenvalue weighted by Crippen LogP contribution is 2.27. The number of nitrogens with one attached hydrogen (secondary N) is 2. The van der Waals surface area contributed by atoms with Gasteiger partial charge in [-0.2, -0.15) is 0 Å². The number of sulfonamides is 1. The van der Waals surface area contributed by atoms with Crippen LogP contribution in [0.15, 0.2) is 78.9 Å². The van der Waals surface area contributed by atoms with Crippen LogP contribution in [-0.4, -0.2) is 43.8 Å². The molecule has 44 heavy (non-hydrogen) atoms. The van der Waals surface area contributed by atoms with Gasteiger partial charge in [0.1, 0.15) is 0 Å². The van der Waals surface area contributed by atoms with Gasteiger partial charge < -0.3 is 4.74 Å². The zero-order valence-corrected chi connectivity index (χ0v) is 26.5. The topological polar surface area (TPSA) is 114 Å². The lowest BCUT2D eigenvalue weighted by atomic mass is 9.82. The van der Waals surface area contributed by atoms with E-state index in [1.54, 1.807) is 0 Å². The summed E-state index contributed by atoms with van der Waals surface area (Å²) in [7, 11) is -3.85. The highest BCUT2D eigenvalue weighted by Gasteiger charge is 2.36. The molecular weight excluding hydrogens is 578 g/mol. The molecule has 1 heterocycles. The van der Waals surface area contributed by atoms with E-state index >= 15 is 0 Å². The van der Waals surface area contributed by atoms with Crippen LogP contribution in [0.4, 0.5) is 0 Å². The number of hydrogen-bond donors (Lipinski definition) is 2. The molecule has 2 amide bonds. The lowest BCUT2D eigenvalue weighted by Crippen LogP contribution is -2.50. The SMILES string of the molecule is CC(C)C[C@@H](C(=O)NN(Cc1ccc2ccccc2c1)S(C)(=O)=O)[C@H](C/C=C/c1ccccc1)C(=O)NOC1CCCCO1. The van der Waals surface area contributed by atoms with Crippen LogP contribution >= 0.6 is 0 Å². The van der Waals surface area contributed by atoms with Crippen molar-refractivity contribution in [3.63, 3.8) is 0 Å². The first-order valence-corrected chi connectivity index (χ1v) is 17.0. The van der Waals surface area contributed by atoms with Crippen LogP contribution in [0, 0.1) is 17.8 Å². The number of fused-ring (bicyclic) bond motifs is 1. The number of benzene rings is 3. The van der Waals surface area contributed by atoms with E-state index in [1.807, 2.05) is 98.8 Å². The Hall–Kier alpha value is -3.57. The van der Waals surface area contributed by atoms with Crippen LogP contribution in [-0.2, 0) is 35.7 Å². The van der Waals surface area contributed by atoms with E-state index in [1.165, 1.54) is 0 Å². The number of hydrogen-bond acceptors (Lipinski definition) is 6. The lowest BCUT2D eigenvalue weighted by Gasteiger charge is -2.30. The fourth-order valence-electron chi connectivity index (χ4n) is 5.28. The first-order valence-electron chi connectivity index (χ1n) is 15.1. The summed E-state index contributed by atoms with van der Waals surface area (Å²) in [5, 5.41) is 1.99. The Morgan fingerprint density at radius 3 is 2.39 bits per heavy atom. The molecule has 1 unspecified atom stereocenters. The molecule has 2 N–H and O–H groups in total.